The maximum absolute atomic E-state index is 10.9. The number of carbonyl (C=O) groups is 2. The fourth-order valence-electron chi connectivity index (χ4n) is 0.779. The second kappa shape index (κ2) is 6.79. The van der Waals surface area contributed by atoms with E-state index in [0.29, 0.717) is 12.8 Å². The van der Waals surface area contributed by atoms with E-state index in [9.17, 15) is 9.59 Å². The molecule has 0 saturated heterocycles. The highest BCUT2D eigenvalue weighted by Crippen LogP contribution is 1.97. The number of hydrogen-bond donors (Lipinski definition) is 2. The molecule has 0 fully saturated rings. The third kappa shape index (κ3) is 5.85. The summed E-state index contributed by atoms with van der Waals surface area (Å²) in [4.78, 5) is 21.6. The van der Waals surface area contributed by atoms with Crippen LogP contribution in [0, 0.1) is 0 Å². The van der Waals surface area contributed by atoms with Crippen LogP contribution in [0.1, 0.15) is 25.7 Å². The molecule has 0 aliphatic heterocycles. The summed E-state index contributed by atoms with van der Waals surface area (Å²) in [5.74, 6) is -0.0833. The second-order valence-corrected chi connectivity index (χ2v) is 2.54. The molecule has 2 N–H and O–H groups in total. The van der Waals surface area contributed by atoms with Crippen LogP contribution in [0.4, 0.5) is 0 Å². The number of nitrogens with one attached hydrogen (secondary N) is 1. The lowest BCUT2D eigenvalue weighted by Crippen LogP contribution is -2.18. The van der Waals surface area contributed by atoms with Crippen LogP contribution >= 0.6 is 0 Å². The van der Waals surface area contributed by atoms with E-state index in [0.717, 1.165) is 0 Å². The molecule has 0 aromatic rings. The third-order valence-corrected chi connectivity index (χ3v) is 1.52. The van der Waals surface area contributed by atoms with E-state index >= 15 is 0 Å². The molecule has 0 bridgehead atoms. The lowest BCUT2D eigenvalue weighted by Gasteiger charge is -1.98. The molecule has 0 aliphatic carbocycles. The molecular formula is C8H15NO3. The Balaban J connectivity index is 3.37. The molecule has 1 amide bonds. The largest absolute Gasteiger partial charge is 0.396 e. The van der Waals surface area contributed by atoms with Crippen LogP contribution < -0.4 is 5.32 Å². The first-order valence-electron chi connectivity index (χ1n) is 4.04. The van der Waals surface area contributed by atoms with Gasteiger partial charge < -0.3 is 10.4 Å². The average molecular weight is 173 g/mol. The fourth-order valence-corrected chi connectivity index (χ4v) is 0.779. The van der Waals surface area contributed by atoms with Gasteiger partial charge in [0, 0.05) is 32.9 Å². The maximum Gasteiger partial charge on any atom is 0.220 e. The monoisotopic (exact) mass is 173 g/mol. The van der Waals surface area contributed by atoms with Crippen LogP contribution in [0.2, 0.25) is 0 Å². The predicted octanol–water partition coefficient (Wildman–Crippen LogP) is -0.146. The third-order valence-electron chi connectivity index (χ3n) is 1.52. The first-order valence-corrected chi connectivity index (χ1v) is 4.04. The van der Waals surface area contributed by atoms with Crippen molar-refractivity contribution in [1.82, 2.24) is 5.32 Å². The zero-order chi connectivity index (χ0) is 9.40. The molecule has 0 rings (SSSR count). The fraction of sp³-hybridized carbons (Fsp3) is 0.750. The van der Waals surface area contributed by atoms with Crippen molar-refractivity contribution in [2.75, 3.05) is 13.7 Å². The molecule has 0 saturated carbocycles. The van der Waals surface area contributed by atoms with Gasteiger partial charge in [-0.1, -0.05) is 0 Å². The zero-order valence-electron chi connectivity index (χ0n) is 7.30. The molecule has 0 heterocycles. The summed E-state index contributed by atoms with van der Waals surface area (Å²) in [5.41, 5.74) is 0. The topological polar surface area (TPSA) is 66.4 Å². The Morgan fingerprint density at radius 1 is 1.25 bits per heavy atom. The van der Waals surface area contributed by atoms with E-state index in [1.165, 1.54) is 0 Å². The summed E-state index contributed by atoms with van der Waals surface area (Å²) in [6, 6.07) is 0. The van der Waals surface area contributed by atoms with Gasteiger partial charge in [-0.3, -0.25) is 9.59 Å². The summed E-state index contributed by atoms with van der Waals surface area (Å²) in [6.45, 7) is 0.0334. The predicted molar refractivity (Wildman–Crippen MR) is 44.6 cm³/mol. The molecule has 0 atom stereocenters. The summed E-state index contributed by atoms with van der Waals surface area (Å²) in [5, 5.41) is 10.8. The van der Waals surface area contributed by atoms with Crippen molar-refractivity contribution in [2.45, 2.75) is 25.7 Å². The number of amides is 1. The Labute approximate surface area is 72.0 Å². The molecule has 0 radical (unpaired) electrons. The van der Waals surface area contributed by atoms with Gasteiger partial charge in [0.15, 0.2) is 0 Å². The highest BCUT2D eigenvalue weighted by Gasteiger charge is 2.04. The number of hydrogen-bond acceptors (Lipinski definition) is 3. The zero-order valence-corrected chi connectivity index (χ0v) is 7.30. The lowest BCUT2D eigenvalue weighted by molar-refractivity contribution is -0.125. The average Bonchev–Trinajstić information content (AvgIpc) is 2.10. The molecule has 70 valence electrons. The number of Topliss-reactive ketones (excluding diaryl/α,β-unsaturated/α-hetero) is 1. The first-order chi connectivity index (χ1) is 5.70. The highest BCUT2D eigenvalue weighted by molar-refractivity contribution is 5.84. The Kier molecular flexibility index (Phi) is 6.28. The lowest BCUT2D eigenvalue weighted by atomic mass is 10.1. The Bertz CT molecular complexity index is 156. The number of rotatable bonds is 6. The molecule has 0 unspecified atom stereocenters. The Morgan fingerprint density at radius 3 is 2.42 bits per heavy atom. The van der Waals surface area contributed by atoms with E-state index in [-0.39, 0.29) is 31.1 Å². The normalized spacial score (nSPS) is 9.50. The van der Waals surface area contributed by atoms with E-state index < -0.39 is 0 Å². The Hall–Kier alpha value is -0.900. The molecule has 4 nitrogen and oxygen atoms in total. The van der Waals surface area contributed by atoms with Crippen molar-refractivity contribution in [2.24, 2.45) is 0 Å². The van der Waals surface area contributed by atoms with Crippen LogP contribution in [0.5, 0.6) is 0 Å². The molecule has 12 heavy (non-hydrogen) atoms. The van der Waals surface area contributed by atoms with Gasteiger partial charge in [0.1, 0.15) is 5.78 Å². The standard InChI is InChI=1S/C8H15NO3/c1-9-8(12)5-4-7(11)3-2-6-10/h10H,2-6H2,1H3,(H,9,12). The Morgan fingerprint density at radius 2 is 1.92 bits per heavy atom. The first kappa shape index (κ1) is 11.1. The summed E-state index contributed by atoms with van der Waals surface area (Å²) < 4.78 is 0. The van der Waals surface area contributed by atoms with Crippen molar-refractivity contribution in [3.63, 3.8) is 0 Å². The molecular weight excluding hydrogens is 158 g/mol. The summed E-state index contributed by atoms with van der Waals surface area (Å²) in [7, 11) is 1.54. The van der Waals surface area contributed by atoms with Crippen molar-refractivity contribution in [1.29, 1.82) is 0 Å². The minimum Gasteiger partial charge on any atom is -0.396 e. The molecule has 0 spiro atoms. The van der Waals surface area contributed by atoms with Gasteiger partial charge >= 0.3 is 0 Å². The van der Waals surface area contributed by atoms with Gasteiger partial charge in [0.05, 0.1) is 0 Å². The van der Waals surface area contributed by atoms with E-state index in [2.05, 4.69) is 5.32 Å². The van der Waals surface area contributed by atoms with Crippen LogP contribution in [0.15, 0.2) is 0 Å². The molecule has 0 aliphatic rings. The van der Waals surface area contributed by atoms with Gasteiger partial charge in [-0.25, -0.2) is 0 Å². The van der Waals surface area contributed by atoms with Gasteiger partial charge in [-0.15, -0.1) is 0 Å². The van der Waals surface area contributed by atoms with Gasteiger partial charge in [0.2, 0.25) is 5.91 Å². The van der Waals surface area contributed by atoms with Crippen molar-refractivity contribution in [3.8, 4) is 0 Å². The van der Waals surface area contributed by atoms with Crippen LogP contribution in [0.25, 0.3) is 0 Å². The van der Waals surface area contributed by atoms with E-state index in [1.807, 2.05) is 0 Å². The van der Waals surface area contributed by atoms with E-state index in [4.69, 9.17) is 5.11 Å². The highest BCUT2D eigenvalue weighted by atomic mass is 16.3. The number of aliphatic hydroxyl groups excluding tert-OH is 1. The van der Waals surface area contributed by atoms with Crippen LogP contribution in [-0.2, 0) is 9.59 Å². The van der Waals surface area contributed by atoms with Crippen molar-refractivity contribution < 1.29 is 14.7 Å². The molecule has 0 aromatic heterocycles. The van der Waals surface area contributed by atoms with Gasteiger partial charge in [-0.05, 0) is 6.42 Å². The quantitative estimate of drug-likeness (QED) is 0.587. The minimum absolute atomic E-state index is 0.0334. The van der Waals surface area contributed by atoms with Crippen LogP contribution in [-0.4, -0.2) is 30.5 Å². The van der Waals surface area contributed by atoms with Gasteiger partial charge in [-0.2, -0.15) is 0 Å². The molecule has 4 heteroatoms. The number of ketones is 1. The van der Waals surface area contributed by atoms with Crippen molar-refractivity contribution in [3.05, 3.63) is 0 Å². The van der Waals surface area contributed by atoms with Crippen LogP contribution in [0.3, 0.4) is 0 Å². The number of carbonyl (C=O) groups excluding carboxylic acids is 2. The minimum atomic E-state index is -0.118. The van der Waals surface area contributed by atoms with Gasteiger partial charge in [0.25, 0.3) is 0 Å². The SMILES string of the molecule is CNC(=O)CCC(=O)CCCO. The maximum atomic E-state index is 10.9. The summed E-state index contributed by atoms with van der Waals surface area (Å²) >= 11 is 0. The summed E-state index contributed by atoms with van der Waals surface area (Å²) in [6.07, 6.45) is 1.39. The molecule has 0 aromatic carbocycles. The second-order valence-electron chi connectivity index (χ2n) is 2.54. The number of aliphatic hydroxyl groups is 1. The van der Waals surface area contributed by atoms with E-state index in [1.54, 1.807) is 7.05 Å². The van der Waals surface area contributed by atoms with Crippen molar-refractivity contribution >= 4 is 11.7 Å². The smallest absolute Gasteiger partial charge is 0.220 e.